The molecule has 4 heteroatoms. The molecule has 0 amide bonds. The molecule has 0 aliphatic heterocycles. The van der Waals surface area contributed by atoms with Crippen LogP contribution in [0.5, 0.6) is 0 Å². The van der Waals surface area contributed by atoms with E-state index in [2.05, 4.69) is 29.5 Å². The Morgan fingerprint density at radius 3 is 2.19 bits per heavy atom. The minimum atomic E-state index is 0. The van der Waals surface area contributed by atoms with Gasteiger partial charge < -0.3 is 10.6 Å². The van der Waals surface area contributed by atoms with Gasteiger partial charge >= 0.3 is 0 Å². The largest absolute Gasteiger partial charge is 0.354 e. The van der Waals surface area contributed by atoms with Crippen molar-refractivity contribution in [2.24, 2.45) is 10.4 Å². The van der Waals surface area contributed by atoms with Gasteiger partial charge in [-0.1, -0.05) is 26.7 Å². The van der Waals surface area contributed by atoms with Gasteiger partial charge in [0.15, 0.2) is 5.96 Å². The highest BCUT2D eigenvalue weighted by Gasteiger charge is 2.46. The number of guanidine groups is 1. The fourth-order valence-corrected chi connectivity index (χ4v) is 2.31. The smallest absolute Gasteiger partial charge is 0.191 e. The lowest BCUT2D eigenvalue weighted by atomic mass is 10.2. The summed E-state index contributed by atoms with van der Waals surface area (Å²) in [5, 5.41) is 7.01. The molecule has 1 atom stereocenters. The Bertz CT molecular complexity index is 248. The lowest BCUT2D eigenvalue weighted by Gasteiger charge is -2.17. The molecule has 0 saturated heterocycles. The molecule has 2 aliphatic rings. The summed E-state index contributed by atoms with van der Waals surface area (Å²) in [7, 11) is 1.86. The molecule has 2 rings (SSSR count). The summed E-state index contributed by atoms with van der Waals surface area (Å²) in [6.07, 6.45) is 6.59. The van der Waals surface area contributed by atoms with E-state index in [1.54, 1.807) is 0 Å². The number of rotatable bonds is 2. The lowest BCUT2D eigenvalue weighted by molar-refractivity contribution is 0.571. The number of halogens is 1. The van der Waals surface area contributed by atoms with Crippen LogP contribution >= 0.6 is 24.0 Å². The number of hydrogen-bond donors (Lipinski definition) is 2. The predicted molar refractivity (Wildman–Crippen MR) is 79.5 cm³/mol. The Morgan fingerprint density at radius 1 is 1.19 bits per heavy atom. The van der Waals surface area contributed by atoms with E-state index in [0.29, 0.717) is 17.5 Å². The average Bonchev–Trinajstić information content (AvgIpc) is 2.65. The quantitative estimate of drug-likeness (QED) is 0.462. The van der Waals surface area contributed by atoms with Crippen LogP contribution in [0.1, 0.15) is 46.0 Å². The van der Waals surface area contributed by atoms with Crippen LogP contribution in [0.15, 0.2) is 4.99 Å². The lowest BCUT2D eigenvalue weighted by Crippen LogP contribution is -2.44. The van der Waals surface area contributed by atoms with Gasteiger partial charge in [0.05, 0.1) is 0 Å². The van der Waals surface area contributed by atoms with Crippen molar-refractivity contribution in [1.82, 2.24) is 10.6 Å². The van der Waals surface area contributed by atoms with Gasteiger partial charge in [-0.05, 0) is 24.7 Å². The maximum absolute atomic E-state index is 4.29. The summed E-state index contributed by atoms with van der Waals surface area (Å²) in [6.45, 7) is 4.60. The zero-order valence-electron chi connectivity index (χ0n) is 10.5. The van der Waals surface area contributed by atoms with Gasteiger partial charge in [-0.2, -0.15) is 0 Å². The van der Waals surface area contributed by atoms with Crippen molar-refractivity contribution in [2.45, 2.75) is 58.0 Å². The zero-order chi connectivity index (χ0) is 10.9. The molecule has 2 N–H and O–H groups in total. The monoisotopic (exact) mass is 337 g/mol. The number of hydrogen-bond acceptors (Lipinski definition) is 1. The van der Waals surface area contributed by atoms with Gasteiger partial charge in [-0.3, -0.25) is 4.99 Å². The highest BCUT2D eigenvalue weighted by Crippen LogP contribution is 2.44. The third kappa shape index (κ3) is 3.50. The highest BCUT2D eigenvalue weighted by atomic mass is 127. The van der Waals surface area contributed by atoms with Crippen molar-refractivity contribution >= 4 is 29.9 Å². The highest BCUT2D eigenvalue weighted by molar-refractivity contribution is 14.0. The van der Waals surface area contributed by atoms with E-state index in [1.807, 2.05) is 7.05 Å². The Labute approximate surface area is 116 Å². The molecule has 3 nitrogen and oxygen atoms in total. The average molecular weight is 337 g/mol. The van der Waals surface area contributed by atoms with E-state index in [1.165, 1.54) is 32.1 Å². The Kier molecular flexibility index (Phi) is 4.88. The third-order valence-electron chi connectivity index (χ3n) is 3.74. The Balaban J connectivity index is 0.00000128. The summed E-state index contributed by atoms with van der Waals surface area (Å²) in [5.41, 5.74) is 0.466. The van der Waals surface area contributed by atoms with E-state index in [-0.39, 0.29) is 24.0 Å². The molecular weight excluding hydrogens is 313 g/mol. The van der Waals surface area contributed by atoms with Crippen LogP contribution in [0, 0.1) is 5.41 Å². The van der Waals surface area contributed by atoms with Crippen LogP contribution in [0.25, 0.3) is 0 Å². The van der Waals surface area contributed by atoms with Gasteiger partial charge in [0, 0.05) is 19.1 Å². The topological polar surface area (TPSA) is 36.4 Å². The fourth-order valence-electron chi connectivity index (χ4n) is 2.31. The summed E-state index contributed by atoms with van der Waals surface area (Å²) >= 11 is 0. The first kappa shape index (κ1) is 14.1. The summed E-state index contributed by atoms with van der Waals surface area (Å²) in [5.74, 6) is 0.998. The summed E-state index contributed by atoms with van der Waals surface area (Å²) in [6, 6.07) is 1.27. The van der Waals surface area contributed by atoms with E-state index < -0.39 is 0 Å². The van der Waals surface area contributed by atoms with Crippen molar-refractivity contribution in [3.63, 3.8) is 0 Å². The Hall–Kier alpha value is 0. The molecule has 94 valence electrons. The first-order valence-corrected chi connectivity index (χ1v) is 6.12. The number of nitrogens with one attached hydrogen (secondary N) is 2. The molecule has 2 aliphatic carbocycles. The molecule has 0 bridgehead atoms. The van der Waals surface area contributed by atoms with E-state index >= 15 is 0 Å². The SMILES string of the molecule is CN=C(NC1CCCC1)NC1CC1(C)C.I. The third-order valence-corrected chi connectivity index (χ3v) is 3.74. The Morgan fingerprint density at radius 2 is 1.75 bits per heavy atom. The van der Waals surface area contributed by atoms with Gasteiger partial charge in [0.25, 0.3) is 0 Å². The molecular formula is C12H24IN3. The standard InChI is InChI=1S/C12H23N3.HI/c1-12(2)8-10(12)15-11(13-3)14-9-6-4-5-7-9;/h9-10H,4-8H2,1-3H3,(H2,13,14,15);1H. The minimum Gasteiger partial charge on any atom is -0.354 e. The molecule has 2 fully saturated rings. The maximum atomic E-state index is 4.29. The van der Waals surface area contributed by atoms with Crippen LogP contribution in [-0.4, -0.2) is 25.1 Å². The molecule has 16 heavy (non-hydrogen) atoms. The summed E-state index contributed by atoms with van der Waals surface area (Å²) in [4.78, 5) is 4.29. The molecule has 0 radical (unpaired) electrons. The van der Waals surface area contributed by atoms with Crippen molar-refractivity contribution in [3.05, 3.63) is 0 Å². The fraction of sp³-hybridized carbons (Fsp3) is 0.917. The zero-order valence-corrected chi connectivity index (χ0v) is 12.9. The van der Waals surface area contributed by atoms with Gasteiger partial charge in [-0.25, -0.2) is 0 Å². The van der Waals surface area contributed by atoms with Gasteiger partial charge in [0.2, 0.25) is 0 Å². The molecule has 0 aromatic heterocycles. The first-order chi connectivity index (χ1) is 7.12. The van der Waals surface area contributed by atoms with Crippen LogP contribution in [0.2, 0.25) is 0 Å². The summed E-state index contributed by atoms with van der Waals surface area (Å²) < 4.78 is 0. The normalized spacial score (nSPS) is 28.4. The second-order valence-corrected chi connectivity index (χ2v) is 5.59. The first-order valence-electron chi connectivity index (χ1n) is 6.12. The van der Waals surface area contributed by atoms with Crippen molar-refractivity contribution in [1.29, 1.82) is 0 Å². The molecule has 0 heterocycles. The van der Waals surface area contributed by atoms with Crippen molar-refractivity contribution < 1.29 is 0 Å². The minimum absolute atomic E-state index is 0. The van der Waals surface area contributed by atoms with Gasteiger partial charge in [-0.15, -0.1) is 24.0 Å². The second kappa shape index (κ2) is 5.56. The number of aliphatic imine (C=N–C) groups is 1. The van der Waals surface area contributed by atoms with Crippen LogP contribution in [0.4, 0.5) is 0 Å². The van der Waals surface area contributed by atoms with Crippen molar-refractivity contribution in [2.75, 3.05) is 7.05 Å². The van der Waals surface area contributed by atoms with E-state index in [4.69, 9.17) is 0 Å². The maximum Gasteiger partial charge on any atom is 0.191 e. The van der Waals surface area contributed by atoms with E-state index in [9.17, 15) is 0 Å². The molecule has 1 unspecified atom stereocenters. The molecule has 2 saturated carbocycles. The second-order valence-electron chi connectivity index (χ2n) is 5.59. The molecule has 0 aromatic carbocycles. The van der Waals surface area contributed by atoms with Crippen molar-refractivity contribution in [3.8, 4) is 0 Å². The molecule has 0 aromatic rings. The predicted octanol–water partition coefficient (Wildman–Crippen LogP) is 2.51. The molecule has 0 spiro atoms. The van der Waals surface area contributed by atoms with Crippen LogP contribution in [-0.2, 0) is 0 Å². The van der Waals surface area contributed by atoms with Gasteiger partial charge in [0.1, 0.15) is 0 Å². The van der Waals surface area contributed by atoms with Crippen LogP contribution < -0.4 is 10.6 Å². The number of nitrogens with zero attached hydrogens (tertiary/aromatic N) is 1. The van der Waals surface area contributed by atoms with E-state index in [0.717, 1.165) is 5.96 Å². The van der Waals surface area contributed by atoms with Crippen LogP contribution in [0.3, 0.4) is 0 Å².